The van der Waals surface area contributed by atoms with Crippen molar-refractivity contribution in [2.45, 2.75) is 76.6 Å². The van der Waals surface area contributed by atoms with Crippen molar-refractivity contribution in [3.05, 3.63) is 0 Å². The Labute approximate surface area is 113 Å². The van der Waals surface area contributed by atoms with E-state index in [9.17, 15) is 9.35 Å². The van der Waals surface area contributed by atoms with Gasteiger partial charge in [0.25, 0.3) is 0 Å². The summed E-state index contributed by atoms with van der Waals surface area (Å²) in [6.45, 7) is 5.39. The van der Waals surface area contributed by atoms with E-state index < -0.39 is 23.1 Å². The number of ether oxygens (including phenoxy) is 1. The van der Waals surface area contributed by atoms with Gasteiger partial charge in [0.15, 0.2) is 0 Å². The van der Waals surface area contributed by atoms with Crippen molar-refractivity contribution in [2.24, 2.45) is 0 Å². The third-order valence-corrected chi connectivity index (χ3v) is 4.38. The van der Waals surface area contributed by atoms with E-state index >= 15 is 0 Å². The molecule has 0 spiro atoms. The minimum Gasteiger partial charge on any atom is -0.593 e. The van der Waals surface area contributed by atoms with Crippen LogP contribution >= 0.6 is 0 Å². The molecule has 18 heavy (non-hydrogen) atoms. The summed E-state index contributed by atoms with van der Waals surface area (Å²) in [5, 5.41) is 0.0813. The Morgan fingerprint density at radius 3 is 2.17 bits per heavy atom. The van der Waals surface area contributed by atoms with Gasteiger partial charge < -0.3 is 9.29 Å². The highest BCUT2D eigenvalue weighted by molar-refractivity contribution is 7.90. The predicted octanol–water partition coefficient (Wildman–Crippen LogP) is 3.29. The van der Waals surface area contributed by atoms with Gasteiger partial charge >= 0.3 is 6.09 Å². The number of carbonyl (C=O) groups is 1. The van der Waals surface area contributed by atoms with Crippen LogP contribution in [0.2, 0.25) is 0 Å². The zero-order chi connectivity index (χ0) is 13.6. The predicted molar refractivity (Wildman–Crippen MR) is 73.6 cm³/mol. The third-order valence-electron chi connectivity index (χ3n) is 2.94. The van der Waals surface area contributed by atoms with Crippen LogP contribution in [0.5, 0.6) is 0 Å². The molecule has 4 nitrogen and oxygen atoms in total. The van der Waals surface area contributed by atoms with Crippen molar-refractivity contribution in [1.82, 2.24) is 4.72 Å². The van der Waals surface area contributed by atoms with Gasteiger partial charge in [0.1, 0.15) is 10.9 Å². The highest BCUT2D eigenvalue weighted by Crippen LogP contribution is 2.22. The van der Waals surface area contributed by atoms with Crippen molar-refractivity contribution in [3.8, 4) is 0 Å². The summed E-state index contributed by atoms with van der Waals surface area (Å²) in [5.41, 5.74) is -0.546. The monoisotopic (exact) mass is 275 g/mol. The molecule has 0 aromatic carbocycles. The van der Waals surface area contributed by atoms with Gasteiger partial charge in [0.05, 0.1) is 11.4 Å². The topological polar surface area (TPSA) is 61.4 Å². The highest BCUT2D eigenvalue weighted by atomic mass is 32.2. The number of hydrogen-bond acceptors (Lipinski definition) is 3. The second-order valence-corrected chi connectivity index (χ2v) is 7.33. The molecule has 1 aliphatic rings. The van der Waals surface area contributed by atoms with Gasteiger partial charge in [-0.15, -0.1) is 4.72 Å². The molecule has 1 rings (SSSR count). The van der Waals surface area contributed by atoms with E-state index in [1.807, 2.05) is 0 Å². The van der Waals surface area contributed by atoms with Gasteiger partial charge in [0, 0.05) is 0 Å². The number of nitrogens with one attached hydrogen (secondary N) is 1. The quantitative estimate of drug-likeness (QED) is 0.787. The van der Waals surface area contributed by atoms with Crippen LogP contribution in [0.25, 0.3) is 0 Å². The number of carbonyl (C=O) groups excluding carboxylic acids is 1. The number of rotatable bonds is 2. The lowest BCUT2D eigenvalue weighted by Crippen LogP contribution is -2.41. The fourth-order valence-electron chi connectivity index (χ4n) is 2.10. The van der Waals surface area contributed by atoms with E-state index in [2.05, 4.69) is 4.72 Å². The zero-order valence-corrected chi connectivity index (χ0v) is 12.5. The third kappa shape index (κ3) is 6.50. The first-order valence-electron chi connectivity index (χ1n) is 6.79. The fourth-order valence-corrected chi connectivity index (χ4v) is 3.23. The Bertz CT molecular complexity index is 257. The number of amides is 1. The van der Waals surface area contributed by atoms with E-state index in [0.29, 0.717) is 0 Å². The van der Waals surface area contributed by atoms with Gasteiger partial charge in [-0.05, 0) is 46.5 Å². The van der Waals surface area contributed by atoms with Crippen molar-refractivity contribution < 1.29 is 14.1 Å². The lowest BCUT2D eigenvalue weighted by Gasteiger charge is -2.24. The largest absolute Gasteiger partial charge is 0.593 e. The van der Waals surface area contributed by atoms with E-state index in [1.165, 1.54) is 19.3 Å². The van der Waals surface area contributed by atoms with Crippen molar-refractivity contribution in [1.29, 1.82) is 0 Å². The molecule has 1 atom stereocenters. The number of hydrogen-bond donors (Lipinski definition) is 1. The second-order valence-electron chi connectivity index (χ2n) is 5.87. The molecule has 1 aliphatic carbocycles. The summed E-state index contributed by atoms with van der Waals surface area (Å²) >= 11 is -1.31. The summed E-state index contributed by atoms with van der Waals surface area (Å²) < 4.78 is 19.6. The molecule has 0 aromatic rings. The Morgan fingerprint density at radius 2 is 1.67 bits per heavy atom. The lowest BCUT2D eigenvalue weighted by atomic mass is 10.0. The van der Waals surface area contributed by atoms with Crippen LogP contribution in [0, 0.1) is 0 Å². The van der Waals surface area contributed by atoms with Crippen LogP contribution in [-0.4, -0.2) is 21.5 Å². The van der Waals surface area contributed by atoms with Crippen molar-refractivity contribution in [2.75, 3.05) is 0 Å². The Morgan fingerprint density at radius 1 is 1.17 bits per heavy atom. The molecular weight excluding hydrogens is 250 g/mol. The van der Waals surface area contributed by atoms with Crippen molar-refractivity contribution in [3.63, 3.8) is 0 Å². The summed E-state index contributed by atoms with van der Waals surface area (Å²) in [4.78, 5) is 11.5. The molecule has 0 heterocycles. The maximum atomic E-state index is 12.1. The van der Waals surface area contributed by atoms with Gasteiger partial charge in [0.2, 0.25) is 0 Å². The summed E-state index contributed by atoms with van der Waals surface area (Å²) in [7, 11) is 0. The van der Waals surface area contributed by atoms with Crippen LogP contribution in [0.15, 0.2) is 0 Å². The van der Waals surface area contributed by atoms with Crippen LogP contribution in [0.1, 0.15) is 65.7 Å². The molecule has 1 amide bonds. The van der Waals surface area contributed by atoms with E-state index in [-0.39, 0.29) is 5.25 Å². The normalized spacial score (nSPS) is 20.7. The first-order chi connectivity index (χ1) is 8.38. The Hall–Kier alpha value is -0.420. The molecule has 1 N–H and O–H groups in total. The van der Waals surface area contributed by atoms with Gasteiger partial charge in [-0.1, -0.05) is 19.3 Å². The zero-order valence-electron chi connectivity index (χ0n) is 11.7. The molecule has 0 aliphatic heterocycles. The van der Waals surface area contributed by atoms with E-state index in [4.69, 9.17) is 4.74 Å². The van der Waals surface area contributed by atoms with Crippen LogP contribution < -0.4 is 4.72 Å². The lowest BCUT2D eigenvalue weighted by molar-refractivity contribution is 0.0569. The molecule has 0 aromatic heterocycles. The molecule has 1 unspecified atom stereocenters. The second kappa shape index (κ2) is 7.24. The summed E-state index contributed by atoms with van der Waals surface area (Å²) in [5.74, 6) is 0. The molecule has 5 heteroatoms. The first kappa shape index (κ1) is 15.6. The molecule has 0 radical (unpaired) electrons. The molecule has 106 valence electrons. The molecule has 1 saturated carbocycles. The van der Waals surface area contributed by atoms with Crippen LogP contribution in [-0.2, 0) is 16.1 Å². The minimum absolute atomic E-state index is 0.0813. The van der Waals surface area contributed by atoms with Crippen molar-refractivity contribution >= 4 is 17.5 Å². The smallest absolute Gasteiger partial charge is 0.449 e. The molecular formula is C13H25NO3S. The molecule has 0 bridgehead atoms. The maximum Gasteiger partial charge on any atom is 0.449 e. The van der Waals surface area contributed by atoms with Gasteiger partial charge in [-0.3, -0.25) is 0 Å². The average molecular weight is 275 g/mol. The Kier molecular flexibility index (Phi) is 6.29. The highest BCUT2D eigenvalue weighted by Gasteiger charge is 2.27. The minimum atomic E-state index is -1.31. The summed E-state index contributed by atoms with van der Waals surface area (Å²) in [6, 6.07) is 0. The molecule has 0 saturated heterocycles. The van der Waals surface area contributed by atoms with Gasteiger partial charge in [-0.2, -0.15) is 0 Å². The van der Waals surface area contributed by atoms with E-state index in [0.717, 1.165) is 25.7 Å². The van der Waals surface area contributed by atoms with Crippen LogP contribution in [0.3, 0.4) is 0 Å². The summed E-state index contributed by atoms with van der Waals surface area (Å²) in [6.07, 6.45) is 7.19. The first-order valence-corrected chi connectivity index (χ1v) is 8.00. The maximum absolute atomic E-state index is 12.1. The Balaban J connectivity index is 2.37. The van der Waals surface area contributed by atoms with E-state index in [1.54, 1.807) is 20.8 Å². The standard InChI is InChI=1S/C13H25NO3S/c1-13(2,3)17-12(15)14-18(16)11-9-7-5-4-6-8-10-11/h11H,4-10H2,1-3H3,(H,14,15). The molecule has 1 fully saturated rings. The fraction of sp³-hybridized carbons (Fsp3) is 0.923. The van der Waals surface area contributed by atoms with Crippen LogP contribution in [0.4, 0.5) is 4.79 Å². The van der Waals surface area contributed by atoms with Gasteiger partial charge in [-0.25, -0.2) is 4.79 Å². The average Bonchev–Trinajstić information content (AvgIpc) is 2.12. The SMILES string of the molecule is CC(C)(C)OC(=O)N[S+]([O-])C1CCCCCCC1.